The number of esters is 1. The smallest absolute Gasteiger partial charge is 0.306 e. The van der Waals surface area contributed by atoms with Crippen LogP contribution < -0.4 is 10.2 Å². The van der Waals surface area contributed by atoms with E-state index < -0.39 is 20.0 Å². The maximum Gasteiger partial charge on any atom is 0.306 e. The molecule has 76 heavy (non-hydrogen) atoms. The van der Waals surface area contributed by atoms with Crippen molar-refractivity contribution >= 4 is 19.7 Å². The molecule has 0 fully saturated rings. The van der Waals surface area contributed by atoms with Gasteiger partial charge in [0.05, 0.1) is 33.8 Å². The lowest BCUT2D eigenvalue weighted by atomic mass is 10.0. The van der Waals surface area contributed by atoms with Crippen LogP contribution in [0.15, 0.2) is 48.6 Å². The number of nitrogens with one attached hydrogen (secondary N) is 1. The SMILES string of the molecule is CCCCC/C=C\C/C=C\C/C=C\CCCCCCCCCCC(=O)NC(COP(=O)([O-])OCC[N+](C)(C)C)C(/C=C/CCCCCCCCCCCC)OC(=O)CCCCCCCCCCCCCCCCCCC. The predicted molar refractivity (Wildman–Crippen MR) is 326 cm³/mol. The third-order valence-electron chi connectivity index (χ3n) is 14.5. The largest absolute Gasteiger partial charge is 0.756 e. The van der Waals surface area contributed by atoms with Crippen molar-refractivity contribution in [3.8, 4) is 0 Å². The first-order chi connectivity index (χ1) is 36.9. The second-order valence-corrected chi connectivity index (χ2v) is 24.7. The summed E-state index contributed by atoms with van der Waals surface area (Å²) in [6, 6.07) is -0.890. The Morgan fingerprint density at radius 1 is 0.461 bits per heavy atom. The van der Waals surface area contributed by atoms with Gasteiger partial charge >= 0.3 is 5.97 Å². The number of likely N-dealkylation sites (N-methyl/N-ethyl adjacent to an activating group) is 1. The Bertz CT molecular complexity index is 1440. The Balaban J connectivity index is 5.20. The molecule has 0 aromatic rings. The van der Waals surface area contributed by atoms with E-state index in [2.05, 4.69) is 62.5 Å². The van der Waals surface area contributed by atoms with Gasteiger partial charge in [-0.25, -0.2) is 0 Å². The molecule has 3 unspecified atom stereocenters. The van der Waals surface area contributed by atoms with Crippen LogP contribution in [-0.2, 0) is 27.9 Å². The first-order valence-corrected chi connectivity index (χ1v) is 33.9. The molecule has 9 nitrogen and oxygen atoms in total. The number of phosphoric acid groups is 1. The van der Waals surface area contributed by atoms with E-state index in [4.69, 9.17) is 13.8 Å². The third kappa shape index (κ3) is 56.7. The van der Waals surface area contributed by atoms with Crippen molar-refractivity contribution in [1.29, 1.82) is 0 Å². The van der Waals surface area contributed by atoms with Crippen molar-refractivity contribution in [2.75, 3.05) is 40.9 Å². The standard InChI is InChI=1S/C66H125N2O7P/c1-7-10-13-16-19-22-25-28-30-32-33-34-35-37-38-40-43-46-49-52-55-58-65(69)67-63(62-74-76(71,72)73-61-60-68(4,5)6)64(57-54-51-48-45-42-27-24-21-18-15-12-9-3)75-66(70)59-56-53-50-47-44-41-39-36-31-29-26-23-20-17-14-11-8-2/h19,22,28,30,33-34,54,57,63-64H,7-18,20-21,23-27,29,31-32,35-53,55-56,58-62H2,1-6H3,(H-,67,69,71,72)/b22-19-,30-28-,34-33-,57-54+. The van der Waals surface area contributed by atoms with E-state index in [0.29, 0.717) is 17.4 Å². The molecule has 0 aromatic carbocycles. The van der Waals surface area contributed by atoms with E-state index in [1.807, 2.05) is 33.3 Å². The summed E-state index contributed by atoms with van der Waals surface area (Å²) in [5.74, 6) is -0.537. The zero-order valence-corrected chi connectivity index (χ0v) is 51.9. The number of carbonyl (C=O) groups excluding carboxylic acids is 2. The van der Waals surface area contributed by atoms with Gasteiger partial charge in [-0.3, -0.25) is 14.2 Å². The van der Waals surface area contributed by atoms with Crippen LogP contribution in [0.4, 0.5) is 0 Å². The Morgan fingerprint density at radius 2 is 0.803 bits per heavy atom. The van der Waals surface area contributed by atoms with Crippen LogP contribution >= 0.6 is 7.82 Å². The fourth-order valence-electron chi connectivity index (χ4n) is 9.47. The molecule has 0 heterocycles. The lowest BCUT2D eigenvalue weighted by Gasteiger charge is -2.30. The average Bonchev–Trinajstić information content (AvgIpc) is 3.38. The van der Waals surface area contributed by atoms with E-state index in [-0.39, 0.29) is 31.5 Å². The average molecular weight is 1090 g/mol. The molecule has 0 saturated heterocycles. The highest BCUT2D eigenvalue weighted by molar-refractivity contribution is 7.45. The number of allylic oxidation sites excluding steroid dienone is 7. The minimum absolute atomic E-state index is 0.0227. The maximum absolute atomic E-state index is 13.5. The number of phosphoric ester groups is 1. The van der Waals surface area contributed by atoms with Crippen molar-refractivity contribution in [3.63, 3.8) is 0 Å². The molecule has 10 heteroatoms. The number of carbonyl (C=O) groups is 2. The zero-order chi connectivity index (χ0) is 55.7. The van der Waals surface area contributed by atoms with Gasteiger partial charge in [-0.05, 0) is 70.3 Å². The molecule has 1 N–H and O–H groups in total. The first kappa shape index (κ1) is 74.0. The van der Waals surface area contributed by atoms with Crippen LogP contribution in [0.3, 0.4) is 0 Å². The van der Waals surface area contributed by atoms with Gasteiger partial charge in [0.25, 0.3) is 7.82 Å². The van der Waals surface area contributed by atoms with E-state index >= 15 is 0 Å². The van der Waals surface area contributed by atoms with Crippen molar-refractivity contribution in [1.82, 2.24) is 5.32 Å². The monoisotopic (exact) mass is 1090 g/mol. The molecule has 0 rings (SSSR count). The molecule has 446 valence electrons. The highest BCUT2D eigenvalue weighted by atomic mass is 31.2. The predicted octanol–water partition coefficient (Wildman–Crippen LogP) is 19.4. The summed E-state index contributed by atoms with van der Waals surface area (Å²) in [5, 5.41) is 3.03. The van der Waals surface area contributed by atoms with Gasteiger partial charge < -0.3 is 28.5 Å². The lowest BCUT2D eigenvalue weighted by molar-refractivity contribution is -0.870. The number of unbranched alkanes of at least 4 members (excludes halogenated alkanes) is 37. The summed E-state index contributed by atoms with van der Waals surface area (Å²) >= 11 is 0. The number of quaternary nitrogens is 1. The Kier molecular flexibility index (Phi) is 54.7. The molecule has 0 spiro atoms. The van der Waals surface area contributed by atoms with Crippen molar-refractivity contribution in [2.24, 2.45) is 0 Å². The minimum atomic E-state index is -4.70. The third-order valence-corrected chi connectivity index (χ3v) is 15.5. The van der Waals surface area contributed by atoms with Gasteiger partial charge in [0.1, 0.15) is 19.3 Å². The van der Waals surface area contributed by atoms with Gasteiger partial charge in [-0.15, -0.1) is 0 Å². The summed E-state index contributed by atoms with van der Waals surface area (Å²) in [6.45, 7) is 6.84. The second-order valence-electron chi connectivity index (χ2n) is 23.3. The van der Waals surface area contributed by atoms with Crippen LogP contribution in [0.1, 0.15) is 310 Å². The Labute approximate surface area is 471 Å². The zero-order valence-electron chi connectivity index (χ0n) is 51.0. The van der Waals surface area contributed by atoms with Crippen molar-refractivity contribution in [2.45, 2.75) is 322 Å². The molecule has 0 aliphatic heterocycles. The van der Waals surface area contributed by atoms with Gasteiger partial charge in [-0.1, -0.05) is 275 Å². The van der Waals surface area contributed by atoms with Gasteiger partial charge in [0.15, 0.2) is 0 Å². The summed E-state index contributed by atoms with van der Waals surface area (Å²) in [5.41, 5.74) is 0. The molecule has 0 aliphatic rings. The van der Waals surface area contributed by atoms with Gasteiger partial charge in [0.2, 0.25) is 5.91 Å². The van der Waals surface area contributed by atoms with E-state index in [9.17, 15) is 19.0 Å². The number of ether oxygens (including phenoxy) is 1. The van der Waals surface area contributed by atoms with E-state index in [1.165, 1.54) is 193 Å². The van der Waals surface area contributed by atoms with Gasteiger partial charge in [0, 0.05) is 12.8 Å². The molecule has 0 saturated carbocycles. The number of hydrogen-bond donors (Lipinski definition) is 1. The molecule has 0 aromatic heterocycles. The summed E-state index contributed by atoms with van der Waals surface area (Å²) in [7, 11) is 1.19. The quantitative estimate of drug-likeness (QED) is 0.0212. The fraction of sp³-hybridized carbons (Fsp3) is 0.848. The topological polar surface area (TPSA) is 114 Å². The van der Waals surface area contributed by atoms with Crippen molar-refractivity contribution < 1.29 is 37.3 Å². The molecule has 0 bridgehead atoms. The fourth-order valence-corrected chi connectivity index (χ4v) is 10.2. The Hall–Kier alpha value is -2.03. The molecule has 0 aliphatic carbocycles. The lowest BCUT2D eigenvalue weighted by Crippen LogP contribution is -2.47. The van der Waals surface area contributed by atoms with Crippen LogP contribution in [0.5, 0.6) is 0 Å². The number of nitrogens with zero attached hydrogens (tertiary/aromatic N) is 1. The number of amides is 1. The van der Waals surface area contributed by atoms with Crippen molar-refractivity contribution in [3.05, 3.63) is 48.6 Å². The normalized spacial score (nSPS) is 13.9. The first-order valence-electron chi connectivity index (χ1n) is 32.4. The maximum atomic E-state index is 13.5. The molecule has 1 amide bonds. The van der Waals surface area contributed by atoms with Crippen LogP contribution in [0.25, 0.3) is 0 Å². The van der Waals surface area contributed by atoms with Crippen LogP contribution in [0, 0.1) is 0 Å². The Morgan fingerprint density at radius 3 is 1.22 bits per heavy atom. The molecular formula is C66H125N2O7P. The van der Waals surface area contributed by atoms with E-state index in [1.54, 1.807) is 0 Å². The summed E-state index contributed by atoms with van der Waals surface area (Å²) in [6.07, 6.45) is 69.3. The highest BCUT2D eigenvalue weighted by Crippen LogP contribution is 2.38. The minimum Gasteiger partial charge on any atom is -0.756 e. The van der Waals surface area contributed by atoms with E-state index in [0.717, 1.165) is 83.5 Å². The summed E-state index contributed by atoms with van der Waals surface area (Å²) in [4.78, 5) is 40.0. The van der Waals surface area contributed by atoms with Crippen LogP contribution in [0.2, 0.25) is 0 Å². The van der Waals surface area contributed by atoms with Crippen LogP contribution in [-0.4, -0.2) is 69.4 Å². The number of hydrogen-bond acceptors (Lipinski definition) is 7. The molecular weight excluding hydrogens is 964 g/mol. The second kappa shape index (κ2) is 56.3. The van der Waals surface area contributed by atoms with Gasteiger partial charge in [-0.2, -0.15) is 0 Å². The molecule has 0 radical (unpaired) electrons. The highest BCUT2D eigenvalue weighted by Gasteiger charge is 2.27. The molecule has 3 atom stereocenters. The summed E-state index contributed by atoms with van der Waals surface area (Å²) < 4.78 is 30.4. The number of rotatable bonds is 59.